The summed E-state index contributed by atoms with van der Waals surface area (Å²) in [5.41, 5.74) is 2.10. The van der Waals surface area contributed by atoms with Gasteiger partial charge in [-0.1, -0.05) is 12.1 Å². The van der Waals surface area contributed by atoms with E-state index in [1.165, 1.54) is 6.07 Å². The van der Waals surface area contributed by atoms with Gasteiger partial charge in [0.15, 0.2) is 0 Å². The van der Waals surface area contributed by atoms with Gasteiger partial charge in [-0.2, -0.15) is 0 Å². The average Bonchev–Trinajstić information content (AvgIpc) is 2.71. The maximum atomic E-state index is 13.4. The van der Waals surface area contributed by atoms with Gasteiger partial charge in [-0.3, -0.25) is 4.90 Å². The van der Waals surface area contributed by atoms with Gasteiger partial charge in [-0.05, 0) is 47.6 Å². The summed E-state index contributed by atoms with van der Waals surface area (Å²) >= 11 is 3.28. The Morgan fingerprint density at radius 1 is 1.22 bits per heavy atom. The van der Waals surface area contributed by atoms with Crippen molar-refractivity contribution in [3.8, 4) is 0 Å². The van der Waals surface area contributed by atoms with Crippen molar-refractivity contribution in [2.75, 3.05) is 7.05 Å². The summed E-state index contributed by atoms with van der Waals surface area (Å²) in [4.78, 5) is 2.12. The zero-order valence-electron chi connectivity index (χ0n) is 10.4. The van der Waals surface area contributed by atoms with Crippen molar-refractivity contribution in [1.82, 2.24) is 4.90 Å². The van der Waals surface area contributed by atoms with Gasteiger partial charge in [0.1, 0.15) is 11.6 Å². The fourth-order valence-corrected chi connectivity index (χ4v) is 2.27. The van der Waals surface area contributed by atoms with Crippen molar-refractivity contribution in [2.24, 2.45) is 0 Å². The standard InChI is InChI=1S/C14H15BrFNO/c1-10-11(6-7-18-10)8-17(2)9-12-4-3-5-13(16)14(12)15/h3-7H,8-9H2,1-2H3. The van der Waals surface area contributed by atoms with E-state index in [1.54, 1.807) is 12.3 Å². The summed E-state index contributed by atoms with van der Waals surface area (Å²) in [7, 11) is 2.00. The van der Waals surface area contributed by atoms with Crippen LogP contribution in [0.25, 0.3) is 0 Å². The molecule has 0 saturated carbocycles. The number of aryl methyl sites for hydroxylation is 1. The number of hydrogen-bond acceptors (Lipinski definition) is 2. The van der Waals surface area contributed by atoms with Gasteiger partial charge < -0.3 is 4.42 Å². The molecule has 18 heavy (non-hydrogen) atoms. The third kappa shape index (κ3) is 3.00. The van der Waals surface area contributed by atoms with E-state index < -0.39 is 0 Å². The molecule has 0 bridgehead atoms. The molecule has 0 aliphatic carbocycles. The van der Waals surface area contributed by atoms with Crippen LogP contribution >= 0.6 is 15.9 Å². The van der Waals surface area contributed by atoms with Gasteiger partial charge in [-0.15, -0.1) is 0 Å². The van der Waals surface area contributed by atoms with E-state index in [0.29, 0.717) is 11.0 Å². The highest BCUT2D eigenvalue weighted by molar-refractivity contribution is 9.10. The molecule has 0 saturated heterocycles. The SMILES string of the molecule is Cc1occc1CN(C)Cc1cccc(F)c1Br. The molecule has 4 heteroatoms. The number of halogens is 2. The zero-order chi connectivity index (χ0) is 13.1. The Kier molecular flexibility index (Phi) is 4.19. The Balaban J connectivity index is 2.05. The fourth-order valence-electron chi connectivity index (χ4n) is 1.88. The van der Waals surface area contributed by atoms with E-state index in [2.05, 4.69) is 20.8 Å². The Hall–Kier alpha value is -1.13. The van der Waals surface area contributed by atoms with E-state index in [4.69, 9.17) is 4.42 Å². The van der Waals surface area contributed by atoms with Crippen molar-refractivity contribution in [2.45, 2.75) is 20.0 Å². The van der Waals surface area contributed by atoms with Crippen LogP contribution in [0.15, 0.2) is 39.4 Å². The topological polar surface area (TPSA) is 16.4 Å². The summed E-state index contributed by atoms with van der Waals surface area (Å²) in [6.45, 7) is 3.41. The number of hydrogen-bond donors (Lipinski definition) is 0. The molecule has 0 radical (unpaired) electrons. The van der Waals surface area contributed by atoms with Gasteiger partial charge in [-0.25, -0.2) is 4.39 Å². The van der Waals surface area contributed by atoms with Gasteiger partial charge in [0.2, 0.25) is 0 Å². The van der Waals surface area contributed by atoms with Crippen LogP contribution in [0.2, 0.25) is 0 Å². The van der Waals surface area contributed by atoms with Crippen molar-refractivity contribution in [3.05, 3.63) is 57.7 Å². The molecule has 0 unspecified atom stereocenters. The summed E-state index contributed by atoms with van der Waals surface area (Å²) in [5.74, 6) is 0.709. The van der Waals surface area contributed by atoms with Crippen LogP contribution in [0, 0.1) is 12.7 Å². The highest BCUT2D eigenvalue weighted by atomic mass is 79.9. The van der Waals surface area contributed by atoms with E-state index in [9.17, 15) is 4.39 Å². The minimum Gasteiger partial charge on any atom is -0.469 e. The van der Waals surface area contributed by atoms with Crippen LogP contribution in [0.1, 0.15) is 16.9 Å². The molecule has 0 aliphatic rings. The summed E-state index contributed by atoms with van der Waals surface area (Å²) in [6, 6.07) is 7.07. The molecule has 0 aliphatic heterocycles. The molecule has 0 amide bonds. The van der Waals surface area contributed by atoms with Crippen LogP contribution in [-0.4, -0.2) is 11.9 Å². The molecule has 0 fully saturated rings. The highest BCUT2D eigenvalue weighted by Crippen LogP contribution is 2.22. The molecule has 2 nitrogen and oxygen atoms in total. The zero-order valence-corrected chi connectivity index (χ0v) is 12.0. The first-order valence-corrected chi connectivity index (χ1v) is 6.51. The fraction of sp³-hybridized carbons (Fsp3) is 0.286. The second-order valence-electron chi connectivity index (χ2n) is 4.39. The van der Waals surface area contributed by atoms with E-state index in [-0.39, 0.29) is 5.82 Å². The van der Waals surface area contributed by atoms with Crippen molar-refractivity contribution in [3.63, 3.8) is 0 Å². The molecule has 1 heterocycles. The molecular formula is C14H15BrFNO. The van der Waals surface area contributed by atoms with Crippen LogP contribution < -0.4 is 0 Å². The predicted molar refractivity (Wildman–Crippen MR) is 72.7 cm³/mol. The lowest BCUT2D eigenvalue weighted by Gasteiger charge is -2.17. The molecule has 0 spiro atoms. The maximum Gasteiger partial charge on any atom is 0.137 e. The van der Waals surface area contributed by atoms with Gasteiger partial charge in [0.25, 0.3) is 0 Å². The molecule has 2 aromatic rings. The molecule has 1 aromatic carbocycles. The van der Waals surface area contributed by atoms with Crippen LogP contribution in [-0.2, 0) is 13.1 Å². The van der Waals surface area contributed by atoms with Crippen LogP contribution in [0.3, 0.4) is 0 Å². The Labute approximate surface area is 115 Å². The number of benzene rings is 1. The van der Waals surface area contributed by atoms with Gasteiger partial charge in [0.05, 0.1) is 10.7 Å². The maximum absolute atomic E-state index is 13.4. The monoisotopic (exact) mass is 311 g/mol. The Morgan fingerprint density at radius 3 is 2.61 bits per heavy atom. The molecule has 2 rings (SSSR count). The Morgan fingerprint density at radius 2 is 1.94 bits per heavy atom. The third-order valence-corrected chi connectivity index (χ3v) is 3.77. The molecule has 0 N–H and O–H groups in total. The van der Waals surface area contributed by atoms with Crippen LogP contribution in [0.5, 0.6) is 0 Å². The smallest absolute Gasteiger partial charge is 0.137 e. The first-order valence-electron chi connectivity index (χ1n) is 5.72. The molecule has 1 aromatic heterocycles. The van der Waals surface area contributed by atoms with Gasteiger partial charge >= 0.3 is 0 Å². The first-order chi connectivity index (χ1) is 8.58. The lowest BCUT2D eigenvalue weighted by molar-refractivity contribution is 0.315. The van der Waals surface area contributed by atoms with Crippen LogP contribution in [0.4, 0.5) is 4.39 Å². The highest BCUT2D eigenvalue weighted by Gasteiger charge is 2.10. The number of rotatable bonds is 4. The van der Waals surface area contributed by atoms with E-state index >= 15 is 0 Å². The van der Waals surface area contributed by atoms with Crippen molar-refractivity contribution >= 4 is 15.9 Å². The minimum atomic E-state index is -0.222. The van der Waals surface area contributed by atoms with Crippen molar-refractivity contribution < 1.29 is 8.81 Å². The minimum absolute atomic E-state index is 0.222. The second kappa shape index (κ2) is 5.67. The van der Waals surface area contributed by atoms with E-state index in [1.807, 2.05) is 26.1 Å². The largest absolute Gasteiger partial charge is 0.469 e. The third-order valence-electron chi connectivity index (χ3n) is 2.88. The molecule has 96 valence electrons. The summed E-state index contributed by atoms with van der Waals surface area (Å²) < 4.78 is 19.2. The summed E-state index contributed by atoms with van der Waals surface area (Å²) in [6.07, 6.45) is 1.69. The normalized spacial score (nSPS) is 11.2. The average molecular weight is 312 g/mol. The number of nitrogens with zero attached hydrogens (tertiary/aromatic N) is 1. The van der Waals surface area contributed by atoms with E-state index in [0.717, 1.165) is 23.4 Å². The number of furan rings is 1. The second-order valence-corrected chi connectivity index (χ2v) is 5.18. The van der Waals surface area contributed by atoms with Crippen molar-refractivity contribution in [1.29, 1.82) is 0 Å². The molecule has 0 atom stereocenters. The molecular weight excluding hydrogens is 297 g/mol. The van der Waals surface area contributed by atoms with Gasteiger partial charge in [0, 0.05) is 18.7 Å². The lowest BCUT2D eigenvalue weighted by Crippen LogP contribution is -2.17. The Bertz CT molecular complexity index is 538. The predicted octanol–water partition coefficient (Wildman–Crippen LogP) is 4.12. The lowest BCUT2D eigenvalue weighted by atomic mass is 10.2. The summed E-state index contributed by atoms with van der Waals surface area (Å²) in [5, 5.41) is 0. The quantitative estimate of drug-likeness (QED) is 0.844. The first kappa shape index (κ1) is 13.3.